The predicted octanol–water partition coefficient (Wildman–Crippen LogP) is 5.69. The van der Waals surface area contributed by atoms with Crippen molar-refractivity contribution in [2.75, 3.05) is 11.4 Å². The monoisotopic (exact) mass is 412 g/mol. The van der Waals surface area contributed by atoms with Gasteiger partial charge in [-0.3, -0.25) is 14.9 Å². The highest BCUT2D eigenvalue weighted by Crippen LogP contribution is 2.59. The van der Waals surface area contributed by atoms with Crippen LogP contribution in [0.5, 0.6) is 0 Å². The summed E-state index contributed by atoms with van der Waals surface area (Å²) in [5.41, 5.74) is 5.92. The lowest BCUT2D eigenvalue weighted by molar-refractivity contribution is -0.384. The second-order valence-corrected chi connectivity index (χ2v) is 9.31. The molecule has 0 aromatic heterocycles. The molecular formula is C26H24N2O3. The van der Waals surface area contributed by atoms with Crippen molar-refractivity contribution in [2.45, 2.75) is 37.6 Å². The summed E-state index contributed by atoms with van der Waals surface area (Å²) in [6, 6.07) is 11.5. The number of hydrogen-bond acceptors (Lipinski definition) is 4. The summed E-state index contributed by atoms with van der Waals surface area (Å²) in [5, 5.41) is 11.2. The van der Waals surface area contributed by atoms with Crippen molar-refractivity contribution in [3.8, 4) is 0 Å². The number of hydrogen-bond donors (Lipinski definition) is 0. The Morgan fingerprint density at radius 3 is 2.42 bits per heavy atom. The Morgan fingerprint density at radius 1 is 1.03 bits per heavy atom. The topological polar surface area (TPSA) is 63.4 Å². The third kappa shape index (κ3) is 2.65. The van der Waals surface area contributed by atoms with Crippen LogP contribution in [0.15, 0.2) is 60.7 Å². The number of Topliss-reactive ketones (excluding diaryl/α,β-unsaturated/α-hetero) is 1. The maximum Gasteiger partial charge on any atom is 0.269 e. The lowest BCUT2D eigenvalue weighted by Gasteiger charge is -2.51. The molecule has 0 fully saturated rings. The van der Waals surface area contributed by atoms with Crippen molar-refractivity contribution in [1.82, 2.24) is 0 Å². The van der Waals surface area contributed by atoms with Gasteiger partial charge in [-0.25, -0.2) is 0 Å². The smallest absolute Gasteiger partial charge is 0.269 e. The van der Waals surface area contributed by atoms with Crippen molar-refractivity contribution in [3.63, 3.8) is 0 Å². The van der Waals surface area contributed by atoms with Crippen molar-refractivity contribution in [2.24, 2.45) is 11.8 Å². The zero-order valence-corrected chi connectivity index (χ0v) is 17.4. The highest BCUT2D eigenvalue weighted by atomic mass is 16.6. The maximum atomic E-state index is 12.4. The quantitative estimate of drug-likeness (QED) is 0.281. The average Bonchev–Trinajstić information content (AvgIpc) is 3.43. The molecule has 0 N–H and O–H groups in total. The van der Waals surface area contributed by atoms with E-state index in [0.717, 1.165) is 30.5 Å². The number of carbonyl (C=O) groups excluding carboxylic acids is 1. The van der Waals surface area contributed by atoms with Gasteiger partial charge in [0.2, 0.25) is 0 Å². The molecule has 31 heavy (non-hydrogen) atoms. The van der Waals surface area contributed by atoms with Gasteiger partial charge >= 0.3 is 0 Å². The number of allylic oxidation sites excluding steroid dienone is 4. The van der Waals surface area contributed by atoms with E-state index in [9.17, 15) is 14.9 Å². The van der Waals surface area contributed by atoms with Gasteiger partial charge in [-0.1, -0.05) is 36.4 Å². The van der Waals surface area contributed by atoms with Gasteiger partial charge in [0.25, 0.3) is 5.69 Å². The largest absolute Gasteiger partial charge is 0.363 e. The number of nitro benzene ring substituents is 1. The van der Waals surface area contributed by atoms with Gasteiger partial charge in [0.1, 0.15) is 0 Å². The van der Waals surface area contributed by atoms with Crippen molar-refractivity contribution in [3.05, 3.63) is 93.1 Å². The number of nitrogens with zero attached hydrogens (tertiary/aromatic N) is 2. The zero-order chi connectivity index (χ0) is 21.3. The Balaban J connectivity index is 1.55. The summed E-state index contributed by atoms with van der Waals surface area (Å²) in [4.78, 5) is 25.7. The molecule has 0 spiro atoms. The number of nitro groups is 1. The molecule has 5 nitrogen and oxygen atoms in total. The first-order valence-corrected chi connectivity index (χ1v) is 11.1. The predicted molar refractivity (Wildman–Crippen MR) is 120 cm³/mol. The lowest BCUT2D eigenvalue weighted by Crippen LogP contribution is -2.46. The number of rotatable bonds is 3. The number of fused-ring (bicyclic) bond motifs is 4. The molecular weight excluding hydrogens is 388 g/mol. The summed E-state index contributed by atoms with van der Waals surface area (Å²) in [5.74, 6) is 1.63. The fourth-order valence-corrected chi connectivity index (χ4v) is 6.35. The average molecular weight is 412 g/mol. The minimum atomic E-state index is -0.336. The second-order valence-electron chi connectivity index (χ2n) is 9.31. The minimum Gasteiger partial charge on any atom is -0.363 e. The minimum absolute atomic E-state index is 0.116. The van der Waals surface area contributed by atoms with Gasteiger partial charge in [-0.05, 0) is 60.4 Å². The van der Waals surface area contributed by atoms with Gasteiger partial charge in [0.15, 0.2) is 5.78 Å². The maximum absolute atomic E-state index is 12.4. The van der Waals surface area contributed by atoms with E-state index in [0.29, 0.717) is 17.8 Å². The third-order valence-electron chi connectivity index (χ3n) is 7.70. The molecule has 0 bridgehead atoms. The molecule has 5 atom stereocenters. The third-order valence-corrected chi connectivity index (χ3v) is 7.70. The fourth-order valence-electron chi connectivity index (χ4n) is 6.35. The van der Waals surface area contributed by atoms with Crippen LogP contribution in [-0.2, 0) is 0 Å². The first-order chi connectivity index (χ1) is 15.0. The van der Waals surface area contributed by atoms with Crippen LogP contribution in [0.3, 0.4) is 0 Å². The Morgan fingerprint density at radius 2 is 1.71 bits per heavy atom. The van der Waals surface area contributed by atoms with E-state index in [1.165, 1.54) is 16.8 Å². The summed E-state index contributed by atoms with van der Waals surface area (Å²) in [6.45, 7) is 2.63. The molecule has 2 aliphatic carbocycles. The van der Waals surface area contributed by atoms with Gasteiger partial charge in [-0.2, -0.15) is 0 Å². The van der Waals surface area contributed by atoms with Crippen LogP contribution in [0.1, 0.15) is 64.7 Å². The Kier molecular flexibility index (Phi) is 3.98. The Hall–Kier alpha value is -3.21. The molecule has 0 radical (unpaired) electrons. The van der Waals surface area contributed by atoms with E-state index in [2.05, 4.69) is 41.3 Å². The number of benzene rings is 2. The molecule has 2 heterocycles. The van der Waals surface area contributed by atoms with Crippen LogP contribution in [0.4, 0.5) is 11.4 Å². The van der Waals surface area contributed by atoms with Gasteiger partial charge < -0.3 is 4.90 Å². The summed E-state index contributed by atoms with van der Waals surface area (Å²) in [6.07, 6.45) is 11.2. The Bertz CT molecular complexity index is 1150. The van der Waals surface area contributed by atoms with Gasteiger partial charge in [0, 0.05) is 41.8 Å². The molecule has 0 saturated heterocycles. The van der Waals surface area contributed by atoms with E-state index in [1.807, 2.05) is 12.1 Å². The molecule has 0 unspecified atom stereocenters. The summed E-state index contributed by atoms with van der Waals surface area (Å²) < 4.78 is 0. The number of anilines is 1. The molecule has 156 valence electrons. The van der Waals surface area contributed by atoms with Crippen LogP contribution in [0, 0.1) is 22.0 Å². The highest BCUT2D eigenvalue weighted by Gasteiger charge is 2.47. The van der Waals surface area contributed by atoms with Gasteiger partial charge in [-0.15, -0.1) is 0 Å². The SMILES string of the molecule is CC(=O)c1cc2c3c(c1)[C@@H]1C=CC[C@@H]1[C@H](c1ccc([N+](=O)[O-])cc1)N3C[C@H]1CC=C[C@@H]21. The molecule has 5 heteroatoms. The van der Waals surface area contributed by atoms with Crippen molar-refractivity contribution < 1.29 is 9.72 Å². The normalized spacial score (nSPS) is 29.5. The van der Waals surface area contributed by atoms with E-state index >= 15 is 0 Å². The van der Waals surface area contributed by atoms with Crippen LogP contribution in [0.25, 0.3) is 0 Å². The summed E-state index contributed by atoms with van der Waals surface area (Å²) >= 11 is 0. The van der Waals surface area contributed by atoms with Crippen LogP contribution in [0.2, 0.25) is 0 Å². The van der Waals surface area contributed by atoms with Crippen LogP contribution < -0.4 is 4.90 Å². The zero-order valence-electron chi connectivity index (χ0n) is 17.4. The van der Waals surface area contributed by atoms with Gasteiger partial charge in [0.05, 0.1) is 11.0 Å². The second kappa shape index (κ2) is 6.64. The van der Waals surface area contributed by atoms with Crippen molar-refractivity contribution in [1.29, 1.82) is 0 Å². The number of carbonyl (C=O) groups is 1. The molecule has 6 rings (SSSR count). The van der Waals surface area contributed by atoms with E-state index in [4.69, 9.17) is 0 Å². The number of ketones is 1. The molecule has 0 amide bonds. The molecule has 2 aromatic carbocycles. The van der Waals surface area contributed by atoms with E-state index in [-0.39, 0.29) is 28.4 Å². The fraction of sp³-hybridized carbons (Fsp3) is 0.346. The molecule has 0 saturated carbocycles. The first-order valence-electron chi connectivity index (χ1n) is 11.1. The first kappa shape index (κ1) is 18.6. The molecule has 2 aromatic rings. The van der Waals surface area contributed by atoms with E-state index in [1.54, 1.807) is 19.1 Å². The van der Waals surface area contributed by atoms with Crippen LogP contribution >= 0.6 is 0 Å². The summed E-state index contributed by atoms with van der Waals surface area (Å²) in [7, 11) is 0. The standard InChI is InChI=1S/C26H24N2O3/c1-15(29)18-12-23-20-5-2-4-17(20)14-27-25(16-8-10-19(11-9-16)28(30)31)22-7-3-6-21(22)24(13-18)26(23)27/h2-3,5-6,8-13,17,20-22,25H,4,7,14H2,1H3/t17-,20-,21-,22+,25+/m1/s1. The van der Waals surface area contributed by atoms with Crippen molar-refractivity contribution >= 4 is 17.2 Å². The Labute approximate surface area is 181 Å². The highest BCUT2D eigenvalue weighted by molar-refractivity contribution is 5.95. The molecule has 4 aliphatic rings. The molecule has 2 aliphatic heterocycles. The van der Waals surface area contributed by atoms with Crippen LogP contribution in [-0.4, -0.2) is 17.3 Å². The lowest BCUT2D eigenvalue weighted by atomic mass is 9.70. The van der Waals surface area contributed by atoms with E-state index < -0.39 is 0 Å². The number of non-ortho nitro benzene ring substituents is 1.